The van der Waals surface area contributed by atoms with Crippen LogP contribution >= 0.6 is 27.7 Å². The van der Waals surface area contributed by atoms with E-state index in [0.29, 0.717) is 5.82 Å². The summed E-state index contributed by atoms with van der Waals surface area (Å²) in [6.07, 6.45) is 0.825. The van der Waals surface area contributed by atoms with Gasteiger partial charge >= 0.3 is 0 Å². The van der Waals surface area contributed by atoms with Gasteiger partial charge in [-0.2, -0.15) is 11.8 Å². The molecule has 0 spiro atoms. The molecule has 6 heteroatoms. The van der Waals surface area contributed by atoms with E-state index in [9.17, 15) is 9.90 Å². The molecule has 1 aliphatic heterocycles. The fraction of sp³-hybridized carbons (Fsp3) is 0.375. The van der Waals surface area contributed by atoms with Crippen molar-refractivity contribution in [3.8, 4) is 11.4 Å². The number of aromatic amines is 1. The number of hydrogen-bond acceptors (Lipinski definition) is 4. The average Bonchev–Trinajstić information content (AvgIpc) is 2.46. The largest absolute Gasteiger partial charge is 0.386 e. The summed E-state index contributed by atoms with van der Waals surface area (Å²) in [5, 5.41) is 10.3. The summed E-state index contributed by atoms with van der Waals surface area (Å²) >= 11 is 5.22. The third-order valence-corrected chi connectivity index (χ3v) is 5.41. The summed E-state index contributed by atoms with van der Waals surface area (Å²) in [5.74, 6) is 2.29. The quantitative estimate of drug-likeness (QED) is 0.839. The Morgan fingerprint density at radius 1 is 1.41 bits per heavy atom. The van der Waals surface area contributed by atoms with Crippen LogP contribution in [0.5, 0.6) is 0 Å². The molecule has 0 amide bonds. The number of fused-ring (bicyclic) bond motifs is 1. The van der Waals surface area contributed by atoms with Crippen molar-refractivity contribution in [2.24, 2.45) is 0 Å². The van der Waals surface area contributed by atoms with Crippen LogP contribution in [0.15, 0.2) is 27.5 Å². The van der Waals surface area contributed by atoms with Crippen LogP contribution in [-0.2, 0) is 17.8 Å². The Balaban J connectivity index is 2.12. The predicted octanol–water partition coefficient (Wildman–Crippen LogP) is 3.22. The SMILES string of the molecule is CC(C)(O)c1cc(-c2nc3c(c(=O)[nH]2)CSCC3)ccc1Br. The van der Waals surface area contributed by atoms with Crippen LogP contribution in [0.4, 0.5) is 0 Å². The lowest BCUT2D eigenvalue weighted by Gasteiger charge is -2.20. The van der Waals surface area contributed by atoms with E-state index in [2.05, 4.69) is 25.9 Å². The molecule has 2 N–H and O–H groups in total. The molecule has 3 rings (SSSR count). The summed E-state index contributed by atoms with van der Waals surface area (Å²) < 4.78 is 0.834. The second-order valence-electron chi connectivity index (χ2n) is 5.90. The molecule has 0 unspecified atom stereocenters. The number of aryl methyl sites for hydroxylation is 1. The minimum absolute atomic E-state index is 0.0556. The Morgan fingerprint density at radius 3 is 2.91 bits per heavy atom. The first-order valence-corrected chi connectivity index (χ1v) is 9.03. The van der Waals surface area contributed by atoms with Crippen LogP contribution in [0.25, 0.3) is 11.4 Å². The molecule has 0 radical (unpaired) electrons. The first kappa shape index (κ1) is 15.8. The minimum atomic E-state index is -0.972. The Hall–Kier alpha value is -1.11. The molecule has 0 saturated heterocycles. The molecule has 4 nitrogen and oxygen atoms in total. The highest BCUT2D eigenvalue weighted by atomic mass is 79.9. The van der Waals surface area contributed by atoms with Crippen LogP contribution in [0.3, 0.4) is 0 Å². The van der Waals surface area contributed by atoms with Crippen molar-refractivity contribution in [1.29, 1.82) is 0 Å². The average molecular weight is 381 g/mol. The second-order valence-corrected chi connectivity index (χ2v) is 7.86. The van der Waals surface area contributed by atoms with Gasteiger partial charge < -0.3 is 10.1 Å². The molecular weight excluding hydrogens is 364 g/mol. The maximum Gasteiger partial charge on any atom is 0.255 e. The molecule has 22 heavy (non-hydrogen) atoms. The third-order valence-electron chi connectivity index (χ3n) is 3.73. The van der Waals surface area contributed by atoms with Crippen molar-refractivity contribution in [1.82, 2.24) is 9.97 Å². The summed E-state index contributed by atoms with van der Waals surface area (Å²) in [6, 6.07) is 5.63. The van der Waals surface area contributed by atoms with E-state index < -0.39 is 5.60 Å². The lowest BCUT2D eigenvalue weighted by molar-refractivity contribution is 0.0779. The van der Waals surface area contributed by atoms with Crippen molar-refractivity contribution >= 4 is 27.7 Å². The molecule has 1 aliphatic rings. The zero-order valence-corrected chi connectivity index (χ0v) is 14.8. The van der Waals surface area contributed by atoms with Crippen molar-refractivity contribution in [2.45, 2.75) is 31.6 Å². The summed E-state index contributed by atoms with van der Waals surface area (Å²) in [7, 11) is 0. The number of nitrogens with zero attached hydrogens (tertiary/aromatic N) is 1. The number of benzene rings is 1. The molecule has 2 heterocycles. The number of thioether (sulfide) groups is 1. The number of aliphatic hydroxyl groups is 1. The molecule has 0 fully saturated rings. The maximum absolute atomic E-state index is 12.2. The van der Waals surface area contributed by atoms with Crippen molar-refractivity contribution < 1.29 is 5.11 Å². The normalized spacial score (nSPS) is 14.7. The van der Waals surface area contributed by atoms with Gasteiger partial charge in [-0.25, -0.2) is 4.98 Å². The number of hydrogen-bond donors (Lipinski definition) is 2. The van der Waals surface area contributed by atoms with E-state index in [0.717, 1.165) is 44.8 Å². The first-order valence-electron chi connectivity index (χ1n) is 7.09. The van der Waals surface area contributed by atoms with Gasteiger partial charge in [-0.15, -0.1) is 0 Å². The molecule has 2 aromatic rings. The van der Waals surface area contributed by atoms with E-state index >= 15 is 0 Å². The zero-order chi connectivity index (χ0) is 15.9. The van der Waals surface area contributed by atoms with Crippen molar-refractivity contribution in [2.75, 3.05) is 5.75 Å². The van der Waals surface area contributed by atoms with E-state index in [-0.39, 0.29) is 5.56 Å². The standard InChI is InChI=1S/C16H17BrN2O2S/c1-16(2,21)11-7-9(3-4-12(11)17)14-18-13-5-6-22-8-10(13)15(20)19-14/h3-4,7,21H,5-6,8H2,1-2H3,(H,18,19,20). The summed E-state index contributed by atoms with van der Waals surface area (Å²) in [4.78, 5) is 19.7. The van der Waals surface area contributed by atoms with Crippen LogP contribution in [0, 0.1) is 0 Å². The van der Waals surface area contributed by atoms with Crippen LogP contribution in [-0.4, -0.2) is 20.8 Å². The highest BCUT2D eigenvalue weighted by Crippen LogP contribution is 2.31. The number of nitrogens with one attached hydrogen (secondary N) is 1. The maximum atomic E-state index is 12.2. The summed E-state index contributed by atoms with van der Waals surface area (Å²) in [6.45, 7) is 3.47. The molecule has 1 aromatic carbocycles. The summed E-state index contributed by atoms with van der Waals surface area (Å²) in [5.41, 5.74) is 2.23. The van der Waals surface area contributed by atoms with Gasteiger partial charge in [0.25, 0.3) is 5.56 Å². The number of aromatic nitrogens is 2. The first-order chi connectivity index (χ1) is 10.4. The van der Waals surface area contributed by atoms with Gasteiger partial charge in [0, 0.05) is 21.4 Å². The number of halogens is 1. The highest BCUT2D eigenvalue weighted by Gasteiger charge is 2.21. The Bertz CT molecular complexity index is 781. The van der Waals surface area contributed by atoms with E-state index in [1.54, 1.807) is 25.6 Å². The molecule has 0 atom stereocenters. The van der Waals surface area contributed by atoms with Gasteiger partial charge in [-0.05, 0) is 43.7 Å². The van der Waals surface area contributed by atoms with Gasteiger partial charge in [0.1, 0.15) is 5.82 Å². The van der Waals surface area contributed by atoms with Crippen molar-refractivity contribution in [3.63, 3.8) is 0 Å². The molecular formula is C16H17BrN2O2S. The fourth-order valence-electron chi connectivity index (χ4n) is 2.52. The lowest BCUT2D eigenvalue weighted by atomic mass is 9.96. The molecule has 0 saturated carbocycles. The lowest BCUT2D eigenvalue weighted by Crippen LogP contribution is -2.21. The number of H-pyrrole nitrogens is 1. The molecule has 0 aliphatic carbocycles. The Kier molecular flexibility index (Phi) is 4.18. The predicted molar refractivity (Wildman–Crippen MR) is 93.1 cm³/mol. The van der Waals surface area contributed by atoms with E-state index in [4.69, 9.17) is 0 Å². The Labute approximate surface area is 141 Å². The Morgan fingerprint density at radius 2 is 2.18 bits per heavy atom. The van der Waals surface area contributed by atoms with Gasteiger partial charge in [0.05, 0.1) is 11.3 Å². The van der Waals surface area contributed by atoms with Gasteiger partial charge in [-0.1, -0.05) is 22.0 Å². The van der Waals surface area contributed by atoms with Crippen molar-refractivity contribution in [3.05, 3.63) is 49.8 Å². The monoisotopic (exact) mass is 380 g/mol. The minimum Gasteiger partial charge on any atom is -0.386 e. The van der Waals surface area contributed by atoms with E-state index in [1.165, 1.54) is 0 Å². The zero-order valence-electron chi connectivity index (χ0n) is 12.4. The van der Waals surface area contributed by atoms with Gasteiger partial charge in [0.2, 0.25) is 0 Å². The fourth-order valence-corrected chi connectivity index (χ4v) is 4.24. The van der Waals surface area contributed by atoms with Crippen LogP contribution < -0.4 is 5.56 Å². The van der Waals surface area contributed by atoms with Gasteiger partial charge in [0.15, 0.2) is 0 Å². The molecule has 116 valence electrons. The number of rotatable bonds is 2. The topological polar surface area (TPSA) is 66.0 Å². The van der Waals surface area contributed by atoms with Crippen LogP contribution in [0.1, 0.15) is 30.7 Å². The van der Waals surface area contributed by atoms with Crippen LogP contribution in [0.2, 0.25) is 0 Å². The smallest absolute Gasteiger partial charge is 0.255 e. The second kappa shape index (κ2) is 5.83. The molecule has 1 aromatic heterocycles. The van der Waals surface area contributed by atoms with Gasteiger partial charge in [-0.3, -0.25) is 4.79 Å². The van der Waals surface area contributed by atoms with E-state index in [1.807, 2.05) is 18.2 Å². The third kappa shape index (κ3) is 3.00. The molecule has 0 bridgehead atoms. The highest BCUT2D eigenvalue weighted by molar-refractivity contribution is 9.10.